The molecule has 0 N–H and O–H groups in total. The van der Waals surface area contributed by atoms with Gasteiger partial charge in [-0.3, -0.25) is 4.79 Å². The molecule has 24 heavy (non-hydrogen) atoms. The molecule has 1 aromatic carbocycles. The van der Waals surface area contributed by atoms with E-state index in [9.17, 15) is 14.0 Å². The van der Waals surface area contributed by atoms with Crippen molar-refractivity contribution < 1.29 is 23.5 Å². The average molecular weight is 335 g/mol. The third kappa shape index (κ3) is 4.12. The number of unbranched alkanes of at least 4 members (excludes halogenated alkanes) is 3. The van der Waals surface area contributed by atoms with Gasteiger partial charge in [-0.15, -0.1) is 0 Å². The number of fused-ring (bicyclic) bond motifs is 1. The molecule has 0 spiro atoms. The van der Waals surface area contributed by atoms with Crippen LogP contribution in [0.5, 0.6) is 0 Å². The molecule has 6 heteroatoms. The zero-order valence-electron chi connectivity index (χ0n) is 13.6. The van der Waals surface area contributed by atoms with E-state index in [2.05, 4.69) is 0 Å². The highest BCUT2D eigenvalue weighted by Gasteiger charge is 2.48. The van der Waals surface area contributed by atoms with E-state index in [0.29, 0.717) is 19.6 Å². The molecule has 5 nitrogen and oxygen atoms in total. The summed E-state index contributed by atoms with van der Waals surface area (Å²) in [7, 11) is 0. The van der Waals surface area contributed by atoms with E-state index in [1.807, 2.05) is 12.1 Å². The van der Waals surface area contributed by atoms with Gasteiger partial charge in [-0.25, -0.2) is 9.18 Å². The topological polar surface area (TPSA) is 55.8 Å². The maximum absolute atomic E-state index is 12.8. The molecule has 0 saturated carbocycles. The van der Waals surface area contributed by atoms with Crippen molar-refractivity contribution in [1.29, 1.82) is 0 Å². The van der Waals surface area contributed by atoms with E-state index in [0.717, 1.165) is 37.7 Å². The molecule has 0 aromatic heterocycles. The molecule has 2 fully saturated rings. The van der Waals surface area contributed by atoms with Crippen LogP contribution in [0, 0.1) is 5.82 Å². The molecular formula is C18H22FNO4. The van der Waals surface area contributed by atoms with E-state index in [1.165, 1.54) is 12.1 Å². The Labute approximate surface area is 140 Å². The third-order valence-corrected chi connectivity index (χ3v) is 4.48. The molecule has 130 valence electrons. The number of esters is 1. The first-order valence-electron chi connectivity index (χ1n) is 8.49. The van der Waals surface area contributed by atoms with Crippen molar-refractivity contribution in [3.8, 4) is 0 Å². The molecule has 0 radical (unpaired) electrons. The molecule has 2 atom stereocenters. The molecule has 2 saturated heterocycles. The first-order valence-corrected chi connectivity index (χ1v) is 8.49. The van der Waals surface area contributed by atoms with Crippen LogP contribution in [-0.2, 0) is 25.5 Å². The lowest BCUT2D eigenvalue weighted by molar-refractivity contribution is -0.165. The van der Waals surface area contributed by atoms with Gasteiger partial charge in [-0.05, 0) is 37.0 Å². The highest BCUT2D eigenvalue weighted by atomic mass is 19.1. The number of aryl methyl sites for hydroxylation is 1. The molecule has 0 unspecified atom stereocenters. The number of amides is 1. The molecule has 0 aliphatic carbocycles. The number of halogens is 1. The maximum atomic E-state index is 12.8. The predicted molar refractivity (Wildman–Crippen MR) is 84.5 cm³/mol. The van der Waals surface area contributed by atoms with Gasteiger partial charge in [0.25, 0.3) is 0 Å². The summed E-state index contributed by atoms with van der Waals surface area (Å²) in [5, 5.41) is 0. The summed E-state index contributed by atoms with van der Waals surface area (Å²) in [6, 6.07) is 6.59. The van der Waals surface area contributed by atoms with Gasteiger partial charge >= 0.3 is 5.97 Å². The molecule has 3 rings (SSSR count). The normalized spacial score (nSPS) is 22.2. The van der Waals surface area contributed by atoms with Crippen LogP contribution in [0.15, 0.2) is 24.3 Å². The first-order chi connectivity index (χ1) is 11.6. The average Bonchev–Trinajstić information content (AvgIpc) is 2.92. The Balaban J connectivity index is 1.22. The number of nitrogens with zero attached hydrogens (tertiary/aromatic N) is 1. The zero-order valence-corrected chi connectivity index (χ0v) is 13.6. The first kappa shape index (κ1) is 16.9. The fourth-order valence-corrected chi connectivity index (χ4v) is 3.01. The van der Waals surface area contributed by atoms with E-state index >= 15 is 0 Å². The summed E-state index contributed by atoms with van der Waals surface area (Å²) in [6.07, 6.45) is 4.32. The van der Waals surface area contributed by atoms with Gasteiger partial charge in [0.05, 0.1) is 19.6 Å². The highest BCUT2D eigenvalue weighted by molar-refractivity contribution is 5.85. The lowest BCUT2D eigenvalue weighted by Crippen LogP contribution is -2.48. The van der Waals surface area contributed by atoms with Gasteiger partial charge in [0, 0.05) is 0 Å². The van der Waals surface area contributed by atoms with Gasteiger partial charge < -0.3 is 14.4 Å². The Morgan fingerprint density at radius 2 is 1.96 bits per heavy atom. The van der Waals surface area contributed by atoms with Crippen molar-refractivity contribution in [1.82, 2.24) is 4.90 Å². The number of hydrogen-bond donors (Lipinski definition) is 0. The summed E-state index contributed by atoms with van der Waals surface area (Å²) in [6.45, 7) is 0.702. The Morgan fingerprint density at radius 1 is 1.21 bits per heavy atom. The Kier molecular flexibility index (Phi) is 5.45. The molecule has 1 amide bonds. The highest BCUT2D eigenvalue weighted by Crippen LogP contribution is 2.28. The van der Waals surface area contributed by atoms with E-state index in [1.54, 1.807) is 4.90 Å². The van der Waals surface area contributed by atoms with Crippen LogP contribution in [-0.4, -0.2) is 42.3 Å². The fraction of sp³-hybridized carbons (Fsp3) is 0.556. The second-order valence-electron chi connectivity index (χ2n) is 6.29. The van der Waals surface area contributed by atoms with Gasteiger partial charge in [0.15, 0.2) is 6.10 Å². The number of ether oxygens (including phenoxy) is 2. The van der Waals surface area contributed by atoms with Gasteiger partial charge in [0.2, 0.25) is 5.91 Å². The zero-order chi connectivity index (χ0) is 16.9. The van der Waals surface area contributed by atoms with E-state index < -0.39 is 6.10 Å². The monoisotopic (exact) mass is 335 g/mol. The Morgan fingerprint density at radius 3 is 2.67 bits per heavy atom. The van der Waals surface area contributed by atoms with Crippen LogP contribution < -0.4 is 0 Å². The van der Waals surface area contributed by atoms with Crippen LogP contribution in [0.3, 0.4) is 0 Å². The minimum atomic E-state index is -0.625. The van der Waals surface area contributed by atoms with Crippen molar-refractivity contribution >= 4 is 11.9 Å². The SMILES string of the molecule is O=C(OCCCCCCc1ccc(F)cc1)[C@H]1CN2C(=O)C[C@@H]2O1. The van der Waals surface area contributed by atoms with E-state index in [-0.39, 0.29) is 23.9 Å². The summed E-state index contributed by atoms with van der Waals surface area (Å²) in [4.78, 5) is 24.7. The number of benzene rings is 1. The van der Waals surface area contributed by atoms with Crippen molar-refractivity contribution in [3.05, 3.63) is 35.6 Å². The van der Waals surface area contributed by atoms with Crippen LogP contribution >= 0.6 is 0 Å². The van der Waals surface area contributed by atoms with Crippen LogP contribution in [0.1, 0.15) is 37.7 Å². The van der Waals surface area contributed by atoms with Crippen LogP contribution in [0.2, 0.25) is 0 Å². The second-order valence-corrected chi connectivity index (χ2v) is 6.29. The number of rotatable bonds is 8. The lowest BCUT2D eigenvalue weighted by atomic mass is 10.1. The smallest absolute Gasteiger partial charge is 0.337 e. The number of hydrogen-bond acceptors (Lipinski definition) is 4. The van der Waals surface area contributed by atoms with Crippen molar-refractivity contribution in [3.63, 3.8) is 0 Å². The largest absolute Gasteiger partial charge is 0.464 e. The summed E-state index contributed by atoms with van der Waals surface area (Å²) in [5.41, 5.74) is 1.14. The Hall–Kier alpha value is -1.95. The van der Waals surface area contributed by atoms with Crippen LogP contribution in [0.25, 0.3) is 0 Å². The number of β-lactam (4-membered cyclic amide) rings is 1. The number of carbonyl (C=O) groups is 2. The van der Waals surface area contributed by atoms with Crippen LogP contribution in [0.4, 0.5) is 4.39 Å². The predicted octanol–water partition coefficient (Wildman–Crippen LogP) is 2.43. The quantitative estimate of drug-likeness (QED) is 0.416. The van der Waals surface area contributed by atoms with Gasteiger partial charge in [-0.1, -0.05) is 25.0 Å². The molecule has 0 bridgehead atoms. The molecule has 2 heterocycles. The third-order valence-electron chi connectivity index (χ3n) is 4.48. The molecule has 2 aliphatic rings. The maximum Gasteiger partial charge on any atom is 0.337 e. The minimum Gasteiger partial charge on any atom is -0.464 e. The van der Waals surface area contributed by atoms with Crippen molar-refractivity contribution in [2.24, 2.45) is 0 Å². The lowest BCUT2D eigenvalue weighted by Gasteiger charge is -2.31. The minimum absolute atomic E-state index is 0.0384. The molecule has 1 aromatic rings. The van der Waals surface area contributed by atoms with Gasteiger partial charge in [-0.2, -0.15) is 0 Å². The number of carbonyl (C=O) groups excluding carboxylic acids is 2. The fourth-order valence-electron chi connectivity index (χ4n) is 3.01. The van der Waals surface area contributed by atoms with E-state index in [4.69, 9.17) is 9.47 Å². The van der Waals surface area contributed by atoms with Crippen molar-refractivity contribution in [2.75, 3.05) is 13.2 Å². The second kappa shape index (κ2) is 7.75. The van der Waals surface area contributed by atoms with Gasteiger partial charge in [0.1, 0.15) is 12.0 Å². The standard InChI is InChI=1S/C18H22FNO4/c19-14-8-6-13(7-9-14)5-3-1-2-4-10-23-18(22)15-12-20-16(21)11-17(20)24-15/h6-9,15,17H,1-5,10-12H2/t15-,17+/m1/s1. The summed E-state index contributed by atoms with van der Waals surface area (Å²) in [5.74, 6) is -0.541. The molecule has 2 aliphatic heterocycles. The summed E-state index contributed by atoms with van der Waals surface area (Å²) >= 11 is 0. The van der Waals surface area contributed by atoms with Crippen molar-refractivity contribution in [2.45, 2.75) is 50.9 Å². The summed E-state index contributed by atoms with van der Waals surface area (Å²) < 4.78 is 23.5. The Bertz CT molecular complexity index is 589. The molecular weight excluding hydrogens is 313 g/mol.